The van der Waals surface area contributed by atoms with E-state index in [2.05, 4.69) is 15.3 Å². The van der Waals surface area contributed by atoms with Crippen molar-refractivity contribution in [3.63, 3.8) is 0 Å². The molecule has 0 radical (unpaired) electrons. The molecule has 1 aromatic carbocycles. The minimum Gasteiger partial charge on any atom is -0.465 e. The Bertz CT molecular complexity index is 1450. The van der Waals surface area contributed by atoms with Crippen LogP contribution < -0.4 is 5.43 Å². The molecule has 3 aromatic rings. The molecule has 0 fully saturated rings. The summed E-state index contributed by atoms with van der Waals surface area (Å²) in [5, 5.41) is 15.3. The number of nitrogens with zero attached hydrogens (tertiary/aromatic N) is 2. The van der Waals surface area contributed by atoms with Crippen LogP contribution in [0.3, 0.4) is 0 Å². The van der Waals surface area contributed by atoms with Gasteiger partial charge in [0.2, 0.25) is 9.84 Å². The van der Waals surface area contributed by atoms with Crippen molar-refractivity contribution in [1.82, 2.24) is 0 Å². The van der Waals surface area contributed by atoms with Gasteiger partial charge in [-0.05, 0) is 35.7 Å². The number of nitriles is 1. The van der Waals surface area contributed by atoms with E-state index in [-0.39, 0.29) is 26.1 Å². The molecular formula is C19H14ClN3O6S4. The van der Waals surface area contributed by atoms with Gasteiger partial charge >= 0.3 is 5.97 Å². The van der Waals surface area contributed by atoms with Crippen LogP contribution in [-0.2, 0) is 30.2 Å². The van der Waals surface area contributed by atoms with Gasteiger partial charge < -0.3 is 4.74 Å². The standard InChI is InChI=1S/C19H14ClN3O6S4/c1-29-19(24)18-17(15(10-31-18)32(25,26)11-13-3-2-8-30-13)23-22-16(9-21)33(27,28)14-6-4-12(20)5-7-14/h2-8,10,23H,11H2,1H3/b22-16+. The van der Waals surface area contributed by atoms with Crippen LogP contribution in [0, 0.1) is 11.3 Å². The van der Waals surface area contributed by atoms with Gasteiger partial charge in [0.05, 0.1) is 17.8 Å². The minimum absolute atomic E-state index is 0.146. The third-order valence-electron chi connectivity index (χ3n) is 4.12. The number of thiophene rings is 2. The first-order valence-corrected chi connectivity index (χ1v) is 14.1. The Balaban J connectivity index is 2.05. The van der Waals surface area contributed by atoms with E-state index in [1.165, 1.54) is 47.1 Å². The van der Waals surface area contributed by atoms with Gasteiger partial charge in [-0.15, -0.1) is 22.7 Å². The van der Waals surface area contributed by atoms with Gasteiger partial charge in [0, 0.05) is 15.3 Å². The first-order chi connectivity index (χ1) is 15.6. The van der Waals surface area contributed by atoms with Crippen molar-refractivity contribution in [2.75, 3.05) is 12.5 Å². The summed E-state index contributed by atoms with van der Waals surface area (Å²) in [6.07, 6.45) is 0. The van der Waals surface area contributed by atoms with E-state index in [4.69, 9.17) is 11.6 Å². The van der Waals surface area contributed by atoms with Crippen molar-refractivity contribution in [3.05, 3.63) is 61.9 Å². The zero-order valence-corrected chi connectivity index (χ0v) is 20.7. The number of esters is 1. The fourth-order valence-electron chi connectivity index (χ4n) is 2.56. The zero-order valence-electron chi connectivity index (χ0n) is 16.7. The molecule has 0 bridgehead atoms. The van der Waals surface area contributed by atoms with Gasteiger partial charge in [0.25, 0.3) is 5.04 Å². The van der Waals surface area contributed by atoms with E-state index >= 15 is 0 Å². The highest BCUT2D eigenvalue weighted by molar-refractivity contribution is 8.07. The first-order valence-electron chi connectivity index (χ1n) is 8.79. The Morgan fingerprint density at radius 2 is 1.88 bits per heavy atom. The van der Waals surface area contributed by atoms with Crippen molar-refractivity contribution < 1.29 is 26.4 Å². The van der Waals surface area contributed by atoms with E-state index in [1.807, 2.05) is 0 Å². The predicted octanol–water partition coefficient (Wildman–Crippen LogP) is 3.95. The fraction of sp³-hybridized carbons (Fsp3) is 0.105. The smallest absolute Gasteiger partial charge is 0.350 e. The van der Waals surface area contributed by atoms with Crippen molar-refractivity contribution >= 4 is 70.6 Å². The van der Waals surface area contributed by atoms with E-state index in [1.54, 1.807) is 17.5 Å². The maximum absolute atomic E-state index is 13.0. The third-order valence-corrected chi connectivity index (χ3v) is 9.81. The van der Waals surface area contributed by atoms with Gasteiger partial charge in [0.15, 0.2) is 9.84 Å². The lowest BCUT2D eigenvalue weighted by atomic mass is 10.4. The lowest BCUT2D eigenvalue weighted by Crippen LogP contribution is -2.16. The molecule has 2 heterocycles. The maximum atomic E-state index is 13.0. The lowest BCUT2D eigenvalue weighted by molar-refractivity contribution is 0.0607. The summed E-state index contributed by atoms with van der Waals surface area (Å²) in [7, 11) is -7.18. The van der Waals surface area contributed by atoms with Crippen molar-refractivity contribution in [1.29, 1.82) is 5.26 Å². The average Bonchev–Trinajstić information content (AvgIpc) is 3.43. The highest BCUT2D eigenvalue weighted by atomic mass is 35.5. The number of carbonyl (C=O) groups excluding carboxylic acids is 1. The van der Waals surface area contributed by atoms with Crippen LogP contribution >= 0.6 is 34.3 Å². The van der Waals surface area contributed by atoms with Crippen LogP contribution in [-0.4, -0.2) is 35.0 Å². The maximum Gasteiger partial charge on any atom is 0.350 e. The molecule has 0 aliphatic heterocycles. The van der Waals surface area contributed by atoms with Gasteiger partial charge in [-0.2, -0.15) is 10.4 Å². The quantitative estimate of drug-likeness (QED) is 0.204. The Labute approximate surface area is 202 Å². The topological polar surface area (TPSA) is 143 Å². The molecule has 172 valence electrons. The molecule has 3 rings (SSSR count). The van der Waals surface area contributed by atoms with Crippen molar-refractivity contribution in [3.8, 4) is 6.07 Å². The Morgan fingerprint density at radius 3 is 2.45 bits per heavy atom. The molecule has 0 amide bonds. The highest BCUT2D eigenvalue weighted by Gasteiger charge is 2.29. The number of halogens is 1. The molecule has 0 aliphatic rings. The average molecular weight is 544 g/mol. The number of methoxy groups -OCH3 is 1. The van der Waals surface area contributed by atoms with E-state index in [0.29, 0.717) is 9.90 Å². The van der Waals surface area contributed by atoms with Gasteiger partial charge in [-0.3, -0.25) is 5.43 Å². The summed E-state index contributed by atoms with van der Waals surface area (Å²) in [5.74, 6) is -1.19. The Morgan fingerprint density at radius 1 is 1.18 bits per heavy atom. The van der Waals surface area contributed by atoms with Crippen molar-refractivity contribution in [2.45, 2.75) is 15.5 Å². The number of rotatable bonds is 7. The van der Waals surface area contributed by atoms with E-state index in [9.17, 15) is 26.9 Å². The Hall–Kier alpha value is -2.76. The second-order valence-electron chi connectivity index (χ2n) is 6.23. The number of sulfone groups is 2. The van der Waals surface area contributed by atoms with E-state index in [0.717, 1.165) is 18.4 Å². The molecule has 1 N–H and O–H groups in total. The fourth-order valence-corrected chi connectivity index (χ4v) is 7.59. The molecule has 0 saturated heterocycles. The summed E-state index contributed by atoms with van der Waals surface area (Å²) in [4.78, 5) is 12.1. The lowest BCUT2D eigenvalue weighted by Gasteiger charge is -2.08. The number of nitrogens with one attached hydrogen (secondary N) is 1. The molecule has 0 atom stereocenters. The molecule has 0 aliphatic carbocycles. The number of hydrogen-bond donors (Lipinski definition) is 1. The minimum atomic E-state index is -4.34. The number of ether oxygens (including phenoxy) is 1. The summed E-state index contributed by atoms with van der Waals surface area (Å²) < 4.78 is 56.2. The summed E-state index contributed by atoms with van der Waals surface area (Å²) in [6, 6.07) is 9.90. The van der Waals surface area contributed by atoms with Crippen LogP contribution in [0.1, 0.15) is 14.5 Å². The summed E-state index contributed by atoms with van der Waals surface area (Å²) in [6.45, 7) is 0. The monoisotopic (exact) mass is 543 g/mol. The van der Waals surface area contributed by atoms with Crippen LogP contribution in [0.4, 0.5) is 5.69 Å². The molecule has 14 heteroatoms. The third kappa shape index (κ3) is 5.43. The Kier molecular flexibility index (Phi) is 7.55. The van der Waals surface area contributed by atoms with Crippen LogP contribution in [0.15, 0.2) is 62.1 Å². The van der Waals surface area contributed by atoms with E-state index < -0.39 is 30.7 Å². The molecule has 0 spiro atoms. The van der Waals surface area contributed by atoms with Gasteiger partial charge in [0.1, 0.15) is 21.5 Å². The second-order valence-corrected chi connectivity index (χ2v) is 12.4. The number of benzene rings is 1. The second kappa shape index (κ2) is 10.0. The molecule has 0 unspecified atom stereocenters. The molecule has 2 aromatic heterocycles. The highest BCUT2D eigenvalue weighted by Crippen LogP contribution is 2.35. The van der Waals surface area contributed by atoms with Gasteiger partial charge in [-0.1, -0.05) is 17.7 Å². The van der Waals surface area contributed by atoms with Crippen LogP contribution in [0.5, 0.6) is 0 Å². The van der Waals surface area contributed by atoms with Gasteiger partial charge in [-0.25, -0.2) is 21.6 Å². The summed E-state index contributed by atoms with van der Waals surface area (Å²) in [5.41, 5.74) is 2.02. The largest absolute Gasteiger partial charge is 0.465 e. The van der Waals surface area contributed by atoms with Crippen LogP contribution in [0.25, 0.3) is 0 Å². The SMILES string of the molecule is COC(=O)c1scc(S(=O)(=O)Cc2cccs2)c1N/N=C(\C#N)S(=O)(=O)c1ccc(Cl)cc1. The molecule has 33 heavy (non-hydrogen) atoms. The molecular weight excluding hydrogens is 530 g/mol. The van der Waals surface area contributed by atoms with Crippen molar-refractivity contribution in [2.24, 2.45) is 5.10 Å². The first kappa shape index (κ1) is 24.9. The summed E-state index contributed by atoms with van der Waals surface area (Å²) >= 11 is 7.80. The molecule has 0 saturated carbocycles. The number of hydrazone groups is 1. The predicted molar refractivity (Wildman–Crippen MR) is 126 cm³/mol. The normalized spacial score (nSPS) is 12.2. The number of carbonyl (C=O) groups is 1. The zero-order chi connectivity index (χ0) is 24.2. The van der Waals surface area contributed by atoms with Crippen LogP contribution in [0.2, 0.25) is 5.02 Å². The molecule has 9 nitrogen and oxygen atoms in total. The number of hydrogen-bond acceptors (Lipinski definition) is 11. The number of anilines is 1.